The summed E-state index contributed by atoms with van der Waals surface area (Å²) < 4.78 is 0. The second-order valence-electron chi connectivity index (χ2n) is 7.42. The molecular weight excluding hydrogens is 322 g/mol. The van der Waals surface area contributed by atoms with Crippen LogP contribution in [0.1, 0.15) is 48.9 Å². The maximum absolute atomic E-state index is 9.42. The summed E-state index contributed by atoms with van der Waals surface area (Å²) in [5.74, 6) is 0.516. The highest BCUT2D eigenvalue weighted by Crippen LogP contribution is 2.34. The molecule has 2 atom stereocenters. The summed E-state index contributed by atoms with van der Waals surface area (Å²) in [7, 11) is 0. The summed E-state index contributed by atoms with van der Waals surface area (Å²) in [5, 5.41) is 22.1. The topological polar surface area (TPSA) is 52.5 Å². The van der Waals surface area contributed by atoms with Gasteiger partial charge in [-0.25, -0.2) is 0 Å². The van der Waals surface area contributed by atoms with E-state index in [-0.39, 0.29) is 18.8 Å². The van der Waals surface area contributed by atoms with Crippen molar-refractivity contribution in [3.05, 3.63) is 70.8 Å². The van der Waals surface area contributed by atoms with Crippen LogP contribution in [-0.4, -0.2) is 30.0 Å². The van der Waals surface area contributed by atoms with Gasteiger partial charge in [0.25, 0.3) is 0 Å². The lowest BCUT2D eigenvalue weighted by Gasteiger charge is -2.35. The van der Waals surface area contributed by atoms with E-state index in [1.54, 1.807) is 0 Å². The van der Waals surface area contributed by atoms with Crippen molar-refractivity contribution in [2.75, 3.05) is 19.8 Å². The third-order valence-electron chi connectivity index (χ3n) is 5.25. The lowest BCUT2D eigenvalue weighted by Crippen LogP contribution is -2.43. The molecular formula is C23H33NO2. The van der Waals surface area contributed by atoms with Crippen molar-refractivity contribution in [3.63, 3.8) is 0 Å². The minimum Gasteiger partial charge on any atom is -0.396 e. The number of nitrogens with one attached hydrogen (secondary N) is 1. The summed E-state index contributed by atoms with van der Waals surface area (Å²) in [6.07, 6.45) is 2.86. The van der Waals surface area contributed by atoms with Crippen LogP contribution >= 0.6 is 0 Å². The number of aliphatic hydroxyl groups excluding tert-OH is 2. The Morgan fingerprint density at radius 1 is 0.962 bits per heavy atom. The van der Waals surface area contributed by atoms with Gasteiger partial charge in [0, 0.05) is 13.2 Å². The fourth-order valence-corrected chi connectivity index (χ4v) is 3.88. The lowest BCUT2D eigenvalue weighted by molar-refractivity contribution is 0.270. The zero-order chi connectivity index (χ0) is 19.0. The quantitative estimate of drug-likeness (QED) is 0.608. The van der Waals surface area contributed by atoms with Crippen LogP contribution in [0.3, 0.4) is 0 Å². The summed E-state index contributed by atoms with van der Waals surface area (Å²) in [6.45, 7) is 7.50. The van der Waals surface area contributed by atoms with Crippen LogP contribution in [0.2, 0.25) is 0 Å². The average molecular weight is 356 g/mol. The molecule has 0 saturated heterocycles. The van der Waals surface area contributed by atoms with Crippen molar-refractivity contribution in [2.24, 2.45) is 5.92 Å². The molecule has 0 aliphatic heterocycles. The van der Waals surface area contributed by atoms with Crippen molar-refractivity contribution in [1.29, 1.82) is 0 Å². The normalized spacial score (nSPS) is 14.8. The van der Waals surface area contributed by atoms with Crippen LogP contribution in [0.5, 0.6) is 0 Å². The molecule has 0 spiro atoms. The monoisotopic (exact) mass is 355 g/mol. The lowest BCUT2D eigenvalue weighted by atomic mass is 9.78. The molecule has 0 fully saturated rings. The van der Waals surface area contributed by atoms with Crippen LogP contribution in [0.4, 0.5) is 0 Å². The third kappa shape index (κ3) is 4.94. The average Bonchev–Trinajstić information content (AvgIpc) is 2.65. The Kier molecular flexibility index (Phi) is 7.83. The molecule has 0 heterocycles. The first-order valence-electron chi connectivity index (χ1n) is 9.64. The molecule has 0 aliphatic carbocycles. The van der Waals surface area contributed by atoms with Crippen LogP contribution in [0, 0.1) is 12.8 Å². The maximum atomic E-state index is 9.42. The maximum Gasteiger partial charge on any atom is 0.0667 e. The van der Waals surface area contributed by atoms with Gasteiger partial charge >= 0.3 is 0 Å². The van der Waals surface area contributed by atoms with Gasteiger partial charge in [0.1, 0.15) is 0 Å². The Labute approximate surface area is 158 Å². The predicted octanol–water partition coefficient (Wildman–Crippen LogP) is 3.79. The van der Waals surface area contributed by atoms with E-state index in [2.05, 4.69) is 74.6 Å². The highest BCUT2D eigenvalue weighted by atomic mass is 16.3. The molecule has 0 aromatic heterocycles. The fourth-order valence-electron chi connectivity index (χ4n) is 3.88. The number of rotatable bonds is 10. The van der Waals surface area contributed by atoms with E-state index in [0.717, 1.165) is 19.3 Å². The Morgan fingerprint density at radius 3 is 2.27 bits per heavy atom. The van der Waals surface area contributed by atoms with Gasteiger partial charge in [-0.3, -0.25) is 0 Å². The Bertz CT molecular complexity index is 685. The van der Waals surface area contributed by atoms with Gasteiger partial charge < -0.3 is 15.5 Å². The molecule has 2 aromatic rings. The minimum atomic E-state index is -0.360. The zero-order valence-corrected chi connectivity index (χ0v) is 16.3. The number of aliphatic hydroxyl groups is 2. The molecule has 3 nitrogen and oxygen atoms in total. The van der Waals surface area contributed by atoms with E-state index in [1.807, 2.05) is 0 Å². The molecule has 2 aromatic carbocycles. The summed E-state index contributed by atoms with van der Waals surface area (Å²) in [6, 6.07) is 17.1. The van der Waals surface area contributed by atoms with Crippen molar-refractivity contribution in [1.82, 2.24) is 5.32 Å². The highest BCUT2D eigenvalue weighted by molar-refractivity contribution is 5.45. The number of hydrogen-bond acceptors (Lipinski definition) is 3. The molecule has 0 unspecified atom stereocenters. The van der Waals surface area contributed by atoms with Gasteiger partial charge in [0.05, 0.1) is 12.1 Å². The van der Waals surface area contributed by atoms with Crippen LogP contribution in [0.25, 0.3) is 0 Å². The van der Waals surface area contributed by atoms with Gasteiger partial charge in [-0.05, 0) is 61.3 Å². The van der Waals surface area contributed by atoms with Crippen molar-refractivity contribution in [2.45, 2.75) is 45.6 Å². The van der Waals surface area contributed by atoms with Crippen LogP contribution in [-0.2, 0) is 12.0 Å². The van der Waals surface area contributed by atoms with Crippen molar-refractivity contribution >= 4 is 0 Å². The first-order valence-corrected chi connectivity index (χ1v) is 9.64. The van der Waals surface area contributed by atoms with E-state index in [0.29, 0.717) is 12.5 Å². The molecule has 0 amide bonds. The zero-order valence-electron chi connectivity index (χ0n) is 16.3. The standard InChI is InChI=1S/C23H33NO2/c1-18(9-8-15-25)17-20-11-5-7-13-22(20)23(3,24-14-16-26)21-12-6-4-10-19(21)2/h4-7,10-13,18,24-26H,8-9,14-17H2,1-3H3/t18-,23-/m1/s1. The molecule has 0 bridgehead atoms. The molecule has 0 radical (unpaired) electrons. The van der Waals surface area contributed by atoms with E-state index >= 15 is 0 Å². The van der Waals surface area contributed by atoms with Gasteiger partial charge in [-0.15, -0.1) is 0 Å². The number of hydrogen-bond donors (Lipinski definition) is 3. The van der Waals surface area contributed by atoms with E-state index in [1.165, 1.54) is 22.3 Å². The number of benzene rings is 2. The SMILES string of the molecule is Cc1ccccc1[C@@](C)(NCCO)c1ccccc1C[C@H](C)CCCO. The summed E-state index contributed by atoms with van der Waals surface area (Å²) in [4.78, 5) is 0. The van der Waals surface area contributed by atoms with E-state index in [9.17, 15) is 5.11 Å². The molecule has 142 valence electrons. The Balaban J connectivity index is 2.44. The minimum absolute atomic E-state index is 0.108. The summed E-state index contributed by atoms with van der Waals surface area (Å²) >= 11 is 0. The van der Waals surface area contributed by atoms with Gasteiger partial charge in [-0.1, -0.05) is 55.5 Å². The molecule has 26 heavy (non-hydrogen) atoms. The second kappa shape index (κ2) is 9.86. The molecule has 2 rings (SSSR count). The fraction of sp³-hybridized carbons (Fsp3) is 0.478. The second-order valence-corrected chi connectivity index (χ2v) is 7.42. The Morgan fingerprint density at radius 2 is 1.62 bits per heavy atom. The number of aryl methyl sites for hydroxylation is 1. The van der Waals surface area contributed by atoms with Gasteiger partial charge in [-0.2, -0.15) is 0 Å². The van der Waals surface area contributed by atoms with Crippen molar-refractivity contribution < 1.29 is 10.2 Å². The predicted molar refractivity (Wildman–Crippen MR) is 108 cm³/mol. The molecule has 0 aliphatic rings. The van der Waals surface area contributed by atoms with Gasteiger partial charge in [0.2, 0.25) is 0 Å². The van der Waals surface area contributed by atoms with Crippen LogP contribution < -0.4 is 5.32 Å². The van der Waals surface area contributed by atoms with E-state index < -0.39 is 0 Å². The van der Waals surface area contributed by atoms with Gasteiger partial charge in [0.15, 0.2) is 0 Å². The smallest absolute Gasteiger partial charge is 0.0667 e. The Hall–Kier alpha value is -1.68. The van der Waals surface area contributed by atoms with Crippen LogP contribution in [0.15, 0.2) is 48.5 Å². The highest BCUT2D eigenvalue weighted by Gasteiger charge is 2.31. The molecule has 3 heteroatoms. The first kappa shape index (κ1) is 20.6. The largest absolute Gasteiger partial charge is 0.396 e. The van der Waals surface area contributed by atoms with Crippen molar-refractivity contribution in [3.8, 4) is 0 Å². The molecule has 3 N–H and O–H groups in total. The third-order valence-corrected chi connectivity index (χ3v) is 5.25. The summed E-state index contributed by atoms with van der Waals surface area (Å²) in [5.41, 5.74) is 4.71. The van der Waals surface area contributed by atoms with E-state index in [4.69, 9.17) is 5.11 Å². The first-order chi connectivity index (χ1) is 12.5. The molecule has 0 saturated carbocycles.